The van der Waals surface area contributed by atoms with Crippen LogP contribution in [-0.4, -0.2) is 41.9 Å². The Kier molecular flexibility index (Phi) is 4.87. The monoisotopic (exact) mass is 343 g/mol. The molecule has 0 saturated heterocycles. The second-order valence-corrected chi connectivity index (χ2v) is 8.09. The van der Waals surface area contributed by atoms with Crippen molar-refractivity contribution in [2.45, 2.75) is 58.0 Å². The summed E-state index contributed by atoms with van der Waals surface area (Å²) in [5.74, 6) is 0.624. The number of carbonyl (C=O) groups excluding carboxylic acids is 2. The maximum atomic E-state index is 13.1. The van der Waals surface area contributed by atoms with Crippen molar-refractivity contribution in [2.24, 2.45) is 5.92 Å². The van der Waals surface area contributed by atoms with Crippen molar-refractivity contribution in [3.05, 3.63) is 24.3 Å². The number of carbonyl (C=O) groups is 2. The third-order valence-electron chi connectivity index (χ3n) is 5.75. The SMILES string of the molecule is CC1CCC(N(C)CC(=O)N2c3ccccc3NC(=O)C2(C)C)CC1. The number of rotatable bonds is 3. The molecule has 0 radical (unpaired) electrons. The summed E-state index contributed by atoms with van der Waals surface area (Å²) < 4.78 is 0. The summed E-state index contributed by atoms with van der Waals surface area (Å²) in [7, 11) is 2.03. The lowest BCUT2D eigenvalue weighted by Gasteiger charge is -2.43. The minimum atomic E-state index is -0.895. The highest BCUT2D eigenvalue weighted by atomic mass is 16.2. The van der Waals surface area contributed by atoms with Gasteiger partial charge in [-0.2, -0.15) is 0 Å². The van der Waals surface area contributed by atoms with E-state index >= 15 is 0 Å². The molecule has 1 aliphatic carbocycles. The Balaban J connectivity index is 1.79. The molecule has 5 nitrogen and oxygen atoms in total. The topological polar surface area (TPSA) is 52.7 Å². The molecule has 1 aromatic rings. The van der Waals surface area contributed by atoms with E-state index in [9.17, 15) is 9.59 Å². The average molecular weight is 343 g/mol. The first kappa shape index (κ1) is 17.9. The zero-order chi connectivity index (χ0) is 18.2. The molecule has 1 N–H and O–H groups in total. The lowest BCUT2D eigenvalue weighted by Crippen LogP contribution is -2.60. The van der Waals surface area contributed by atoms with Gasteiger partial charge in [0.2, 0.25) is 11.8 Å². The van der Waals surface area contributed by atoms with Crippen LogP contribution >= 0.6 is 0 Å². The molecule has 0 aromatic heterocycles. The zero-order valence-corrected chi connectivity index (χ0v) is 15.7. The molecule has 0 spiro atoms. The average Bonchev–Trinajstić information content (AvgIpc) is 2.56. The van der Waals surface area contributed by atoms with E-state index in [-0.39, 0.29) is 11.8 Å². The molecular weight excluding hydrogens is 314 g/mol. The van der Waals surface area contributed by atoms with Gasteiger partial charge in [0.25, 0.3) is 0 Å². The molecule has 3 rings (SSSR count). The van der Waals surface area contributed by atoms with E-state index in [0.717, 1.165) is 24.4 Å². The van der Waals surface area contributed by atoms with Gasteiger partial charge in [-0.25, -0.2) is 0 Å². The Morgan fingerprint density at radius 3 is 2.56 bits per heavy atom. The van der Waals surface area contributed by atoms with Crippen LogP contribution in [0.5, 0.6) is 0 Å². The van der Waals surface area contributed by atoms with Gasteiger partial charge in [0.05, 0.1) is 17.9 Å². The molecule has 0 unspecified atom stereocenters. The normalized spacial score (nSPS) is 25.5. The minimum Gasteiger partial charge on any atom is -0.322 e. The fourth-order valence-electron chi connectivity index (χ4n) is 3.99. The second kappa shape index (κ2) is 6.79. The van der Waals surface area contributed by atoms with Crippen molar-refractivity contribution in [3.63, 3.8) is 0 Å². The molecule has 1 heterocycles. The summed E-state index contributed by atoms with van der Waals surface area (Å²) in [5.41, 5.74) is 0.588. The van der Waals surface area contributed by atoms with Crippen molar-refractivity contribution in [2.75, 3.05) is 23.8 Å². The van der Waals surface area contributed by atoms with Crippen molar-refractivity contribution in [3.8, 4) is 0 Å². The smallest absolute Gasteiger partial charge is 0.250 e. The van der Waals surface area contributed by atoms with Gasteiger partial charge in [0, 0.05) is 6.04 Å². The highest BCUT2D eigenvalue weighted by Gasteiger charge is 2.43. The zero-order valence-electron chi connectivity index (χ0n) is 15.7. The van der Waals surface area contributed by atoms with Gasteiger partial charge in [-0.05, 0) is 64.6 Å². The second-order valence-electron chi connectivity index (χ2n) is 8.09. The van der Waals surface area contributed by atoms with Crippen LogP contribution in [0.2, 0.25) is 0 Å². The fourth-order valence-corrected chi connectivity index (χ4v) is 3.99. The van der Waals surface area contributed by atoms with Gasteiger partial charge in [0.1, 0.15) is 5.54 Å². The summed E-state index contributed by atoms with van der Waals surface area (Å²) in [5, 5.41) is 2.91. The third kappa shape index (κ3) is 3.43. The van der Waals surface area contributed by atoms with Gasteiger partial charge < -0.3 is 5.32 Å². The first-order valence-electron chi connectivity index (χ1n) is 9.24. The fraction of sp³-hybridized carbons (Fsp3) is 0.600. The number of amides is 2. The number of hydrogen-bond acceptors (Lipinski definition) is 3. The number of anilines is 2. The van der Waals surface area contributed by atoms with Crippen LogP contribution in [0.25, 0.3) is 0 Å². The molecule has 2 amide bonds. The van der Waals surface area contributed by atoms with Gasteiger partial charge >= 0.3 is 0 Å². The highest BCUT2D eigenvalue weighted by molar-refractivity contribution is 6.14. The summed E-state index contributed by atoms with van der Waals surface area (Å²) in [6.45, 7) is 6.24. The van der Waals surface area contributed by atoms with Crippen molar-refractivity contribution >= 4 is 23.2 Å². The first-order valence-corrected chi connectivity index (χ1v) is 9.24. The van der Waals surface area contributed by atoms with Crippen LogP contribution in [0.3, 0.4) is 0 Å². The van der Waals surface area contributed by atoms with E-state index in [1.165, 1.54) is 12.8 Å². The van der Waals surface area contributed by atoms with Gasteiger partial charge in [0.15, 0.2) is 0 Å². The first-order chi connectivity index (χ1) is 11.8. The Hall–Kier alpha value is -1.88. The van der Waals surface area contributed by atoms with Crippen LogP contribution in [-0.2, 0) is 9.59 Å². The molecule has 5 heteroatoms. The van der Waals surface area contributed by atoms with Gasteiger partial charge in [-0.3, -0.25) is 19.4 Å². The maximum absolute atomic E-state index is 13.1. The molecule has 1 aliphatic heterocycles. The number of benzene rings is 1. The molecule has 2 aliphatic rings. The van der Waals surface area contributed by atoms with E-state index in [1.54, 1.807) is 18.7 Å². The molecule has 0 bridgehead atoms. The van der Waals surface area contributed by atoms with Crippen LogP contribution in [0.4, 0.5) is 11.4 Å². The number of likely N-dealkylation sites (N-methyl/N-ethyl adjacent to an activating group) is 1. The van der Waals surface area contributed by atoms with Crippen LogP contribution in [0.15, 0.2) is 24.3 Å². The number of para-hydroxylation sites is 2. The van der Waals surface area contributed by atoms with E-state index in [4.69, 9.17) is 0 Å². The molecule has 1 aromatic carbocycles. The Morgan fingerprint density at radius 2 is 1.88 bits per heavy atom. The van der Waals surface area contributed by atoms with Crippen LogP contribution in [0, 0.1) is 5.92 Å². The highest BCUT2D eigenvalue weighted by Crippen LogP contribution is 2.37. The largest absolute Gasteiger partial charge is 0.322 e. The third-order valence-corrected chi connectivity index (χ3v) is 5.75. The quantitative estimate of drug-likeness (QED) is 0.916. The number of nitrogens with one attached hydrogen (secondary N) is 1. The van der Waals surface area contributed by atoms with Gasteiger partial charge in [-0.15, -0.1) is 0 Å². The lowest BCUT2D eigenvalue weighted by atomic mass is 9.87. The predicted molar refractivity (Wildman–Crippen MR) is 101 cm³/mol. The van der Waals surface area contributed by atoms with Crippen molar-refractivity contribution in [1.82, 2.24) is 4.90 Å². The molecule has 25 heavy (non-hydrogen) atoms. The molecular formula is C20H29N3O2. The lowest BCUT2D eigenvalue weighted by molar-refractivity contribution is -0.127. The van der Waals surface area contributed by atoms with E-state index in [2.05, 4.69) is 17.1 Å². The molecule has 0 atom stereocenters. The van der Waals surface area contributed by atoms with Crippen molar-refractivity contribution < 1.29 is 9.59 Å². The number of hydrogen-bond donors (Lipinski definition) is 1. The standard InChI is InChI=1S/C20H29N3O2/c1-14-9-11-15(12-10-14)22(4)13-18(24)23-17-8-6-5-7-16(17)21-19(25)20(23,2)3/h5-8,14-15H,9-13H2,1-4H3,(H,21,25). The number of nitrogens with zero attached hydrogens (tertiary/aromatic N) is 2. The minimum absolute atomic E-state index is 0.0200. The molecule has 136 valence electrons. The summed E-state index contributed by atoms with van der Waals surface area (Å²) in [6.07, 6.45) is 4.74. The Morgan fingerprint density at radius 1 is 1.24 bits per heavy atom. The van der Waals surface area contributed by atoms with E-state index in [1.807, 2.05) is 31.3 Å². The maximum Gasteiger partial charge on any atom is 0.250 e. The molecule has 1 fully saturated rings. The number of fused-ring (bicyclic) bond motifs is 1. The Labute approximate surface area is 150 Å². The van der Waals surface area contributed by atoms with Crippen LogP contribution < -0.4 is 10.2 Å². The van der Waals surface area contributed by atoms with Gasteiger partial charge in [-0.1, -0.05) is 19.1 Å². The predicted octanol–water partition coefficient (Wildman–Crippen LogP) is 3.26. The Bertz CT molecular complexity index is 663. The van der Waals surface area contributed by atoms with E-state index in [0.29, 0.717) is 18.3 Å². The summed E-state index contributed by atoms with van der Waals surface area (Å²) >= 11 is 0. The summed E-state index contributed by atoms with van der Waals surface area (Å²) in [4.78, 5) is 29.5. The van der Waals surface area contributed by atoms with E-state index < -0.39 is 5.54 Å². The summed E-state index contributed by atoms with van der Waals surface area (Å²) in [6, 6.07) is 7.97. The van der Waals surface area contributed by atoms with Crippen molar-refractivity contribution in [1.29, 1.82) is 0 Å². The molecule has 1 saturated carbocycles. The van der Waals surface area contributed by atoms with Crippen LogP contribution in [0.1, 0.15) is 46.5 Å².